The van der Waals surface area contributed by atoms with Gasteiger partial charge in [0.05, 0.1) is 12.5 Å². The third-order valence-corrected chi connectivity index (χ3v) is 6.09. The lowest BCUT2D eigenvalue weighted by atomic mass is 9.90. The third-order valence-electron chi connectivity index (χ3n) is 6.09. The zero-order valence-electron chi connectivity index (χ0n) is 17.0. The van der Waals surface area contributed by atoms with Crippen LogP contribution in [0, 0.1) is 11.8 Å². The summed E-state index contributed by atoms with van der Waals surface area (Å²) >= 11 is 0. The summed E-state index contributed by atoms with van der Waals surface area (Å²) in [5.41, 5.74) is 4.27. The number of carboxylic acids is 1. The molecule has 0 saturated heterocycles. The van der Waals surface area contributed by atoms with Crippen LogP contribution < -0.4 is 4.74 Å². The molecule has 1 saturated carbocycles. The lowest BCUT2D eigenvalue weighted by Crippen LogP contribution is -2.15. The Balaban J connectivity index is 1.68. The number of rotatable bonds is 7. The molecule has 0 aliphatic heterocycles. The van der Waals surface area contributed by atoms with E-state index in [1.54, 1.807) is 6.92 Å². The van der Waals surface area contributed by atoms with Crippen molar-refractivity contribution >= 4 is 16.9 Å². The first-order valence-electron chi connectivity index (χ1n) is 10.7. The highest BCUT2D eigenvalue weighted by molar-refractivity contribution is 5.96. The van der Waals surface area contributed by atoms with Crippen LogP contribution in [0.2, 0.25) is 0 Å². The van der Waals surface area contributed by atoms with Crippen molar-refractivity contribution in [3.05, 3.63) is 54.2 Å². The van der Waals surface area contributed by atoms with Crippen LogP contribution in [0.15, 0.2) is 48.7 Å². The molecule has 0 spiro atoms. The topological polar surface area (TPSA) is 62.3 Å². The molecule has 1 atom stereocenters. The predicted molar refractivity (Wildman–Crippen MR) is 116 cm³/mol. The summed E-state index contributed by atoms with van der Waals surface area (Å²) < 4.78 is 6.34. The van der Waals surface area contributed by atoms with Crippen LogP contribution in [0.3, 0.4) is 0 Å². The van der Waals surface area contributed by atoms with Gasteiger partial charge in [0.1, 0.15) is 5.75 Å². The van der Waals surface area contributed by atoms with E-state index in [0.29, 0.717) is 12.3 Å². The van der Waals surface area contributed by atoms with Gasteiger partial charge in [-0.2, -0.15) is 0 Å². The van der Waals surface area contributed by atoms with Crippen molar-refractivity contribution in [2.75, 3.05) is 6.61 Å². The fraction of sp³-hybridized carbons (Fsp3) is 0.400. The number of ether oxygens (including phenoxy) is 1. The summed E-state index contributed by atoms with van der Waals surface area (Å²) in [5, 5.41) is 10.4. The van der Waals surface area contributed by atoms with Crippen LogP contribution in [0.25, 0.3) is 22.0 Å². The molecule has 1 heterocycles. The molecule has 4 nitrogen and oxygen atoms in total. The fourth-order valence-corrected chi connectivity index (χ4v) is 4.36. The summed E-state index contributed by atoms with van der Waals surface area (Å²) in [7, 11) is 0. The minimum atomic E-state index is -0.767. The highest BCUT2D eigenvalue weighted by Gasteiger charge is 2.18. The Morgan fingerprint density at radius 1 is 1.14 bits per heavy atom. The molecule has 3 aromatic rings. The molecule has 1 fully saturated rings. The second kappa shape index (κ2) is 8.73. The Bertz CT molecular complexity index is 985. The van der Waals surface area contributed by atoms with Gasteiger partial charge in [-0.25, -0.2) is 0 Å². The number of aromatic amines is 1. The minimum Gasteiger partial charge on any atom is -0.493 e. The molecule has 1 aliphatic carbocycles. The molecular weight excluding hydrogens is 362 g/mol. The van der Waals surface area contributed by atoms with Crippen molar-refractivity contribution in [1.82, 2.24) is 4.98 Å². The van der Waals surface area contributed by atoms with Crippen molar-refractivity contribution in [2.24, 2.45) is 11.8 Å². The van der Waals surface area contributed by atoms with Gasteiger partial charge in [-0.1, -0.05) is 44.4 Å². The van der Waals surface area contributed by atoms with E-state index in [0.717, 1.165) is 39.9 Å². The van der Waals surface area contributed by atoms with E-state index in [4.69, 9.17) is 4.74 Å². The van der Waals surface area contributed by atoms with E-state index in [-0.39, 0.29) is 0 Å². The molecule has 0 radical (unpaired) electrons. The molecule has 152 valence electrons. The van der Waals surface area contributed by atoms with Crippen molar-refractivity contribution < 1.29 is 14.6 Å². The first kappa shape index (κ1) is 19.6. The van der Waals surface area contributed by atoms with Crippen LogP contribution >= 0.6 is 0 Å². The second-order valence-corrected chi connectivity index (χ2v) is 8.33. The largest absolute Gasteiger partial charge is 0.493 e. The number of H-pyrrole nitrogens is 1. The number of hydrogen-bond donors (Lipinski definition) is 2. The van der Waals surface area contributed by atoms with Crippen molar-refractivity contribution in [3.8, 4) is 16.9 Å². The lowest BCUT2D eigenvalue weighted by Gasteiger charge is -2.23. The van der Waals surface area contributed by atoms with Gasteiger partial charge in [-0.05, 0) is 60.6 Å². The molecule has 4 rings (SSSR count). The SMILES string of the molecule is CC(Cc1ccc(OCC2CCCCC2)c(-c2cccc3[nH]ccc23)c1)C(=O)O. The van der Waals surface area contributed by atoms with Gasteiger partial charge >= 0.3 is 5.97 Å². The summed E-state index contributed by atoms with van der Waals surface area (Å²) in [6, 6.07) is 14.5. The first-order chi connectivity index (χ1) is 14.1. The number of benzene rings is 2. The number of carbonyl (C=O) groups is 1. The average Bonchev–Trinajstić information content (AvgIpc) is 3.22. The third kappa shape index (κ3) is 4.47. The smallest absolute Gasteiger partial charge is 0.306 e. The molecule has 0 bridgehead atoms. The van der Waals surface area contributed by atoms with Gasteiger partial charge in [0.15, 0.2) is 0 Å². The number of fused-ring (bicyclic) bond motifs is 1. The van der Waals surface area contributed by atoms with Crippen LogP contribution in [0.1, 0.15) is 44.6 Å². The van der Waals surface area contributed by atoms with E-state index in [9.17, 15) is 9.90 Å². The summed E-state index contributed by atoms with van der Waals surface area (Å²) in [4.78, 5) is 14.6. The number of hydrogen-bond acceptors (Lipinski definition) is 2. The first-order valence-corrected chi connectivity index (χ1v) is 10.7. The predicted octanol–water partition coefficient (Wildman–Crippen LogP) is 6.06. The van der Waals surface area contributed by atoms with Crippen LogP contribution in [-0.4, -0.2) is 22.7 Å². The van der Waals surface area contributed by atoms with Gasteiger partial charge in [0.25, 0.3) is 0 Å². The van der Waals surface area contributed by atoms with E-state index in [1.807, 2.05) is 24.4 Å². The van der Waals surface area contributed by atoms with Gasteiger partial charge in [0, 0.05) is 22.7 Å². The number of carboxylic acid groups (broad SMARTS) is 1. The summed E-state index contributed by atoms with van der Waals surface area (Å²) in [6.45, 7) is 2.50. The number of aliphatic carboxylic acids is 1. The normalized spacial score (nSPS) is 16.0. The maximum atomic E-state index is 11.3. The highest BCUT2D eigenvalue weighted by Crippen LogP contribution is 2.37. The molecule has 29 heavy (non-hydrogen) atoms. The number of nitrogens with one attached hydrogen (secondary N) is 1. The maximum Gasteiger partial charge on any atom is 0.306 e. The average molecular weight is 392 g/mol. The monoisotopic (exact) mass is 391 g/mol. The van der Waals surface area contributed by atoms with Crippen molar-refractivity contribution in [2.45, 2.75) is 45.4 Å². The Labute approximate surface area is 171 Å². The fourth-order valence-electron chi connectivity index (χ4n) is 4.36. The lowest BCUT2D eigenvalue weighted by molar-refractivity contribution is -0.141. The Hall–Kier alpha value is -2.75. The summed E-state index contributed by atoms with van der Waals surface area (Å²) in [5.74, 6) is 0.333. The van der Waals surface area contributed by atoms with E-state index in [1.165, 1.54) is 32.1 Å². The van der Waals surface area contributed by atoms with E-state index >= 15 is 0 Å². The standard InChI is InChI=1S/C25H29NO3/c1-17(25(27)28)14-19-10-11-24(29-16-18-6-3-2-4-7-18)22(15-19)20-8-5-9-23-21(20)12-13-26-23/h5,8-13,15,17-18,26H,2-4,6-7,14,16H2,1H3,(H,27,28). The van der Waals surface area contributed by atoms with E-state index < -0.39 is 11.9 Å². The molecule has 1 unspecified atom stereocenters. The zero-order chi connectivity index (χ0) is 20.2. The molecule has 0 amide bonds. The van der Waals surface area contributed by atoms with Crippen LogP contribution in [0.5, 0.6) is 5.75 Å². The molecule has 1 aliphatic rings. The molecule has 4 heteroatoms. The van der Waals surface area contributed by atoms with Gasteiger partial charge in [-0.3, -0.25) is 4.79 Å². The Morgan fingerprint density at radius 2 is 1.97 bits per heavy atom. The minimum absolute atomic E-state index is 0.417. The molecule has 2 aromatic carbocycles. The van der Waals surface area contributed by atoms with Crippen LogP contribution in [0.4, 0.5) is 0 Å². The zero-order valence-corrected chi connectivity index (χ0v) is 17.0. The number of aromatic nitrogens is 1. The van der Waals surface area contributed by atoms with Crippen molar-refractivity contribution in [1.29, 1.82) is 0 Å². The Kier molecular flexibility index (Phi) is 5.89. The van der Waals surface area contributed by atoms with Gasteiger partial charge < -0.3 is 14.8 Å². The van der Waals surface area contributed by atoms with Crippen LogP contribution in [-0.2, 0) is 11.2 Å². The molecule has 2 N–H and O–H groups in total. The molecule has 1 aromatic heterocycles. The second-order valence-electron chi connectivity index (χ2n) is 8.33. The highest BCUT2D eigenvalue weighted by atomic mass is 16.5. The quantitative estimate of drug-likeness (QED) is 0.515. The van der Waals surface area contributed by atoms with E-state index in [2.05, 4.69) is 29.2 Å². The van der Waals surface area contributed by atoms with Gasteiger partial charge in [-0.15, -0.1) is 0 Å². The maximum absolute atomic E-state index is 11.3. The van der Waals surface area contributed by atoms with Gasteiger partial charge in [0.2, 0.25) is 0 Å². The molecular formula is C25H29NO3. The Morgan fingerprint density at radius 3 is 2.76 bits per heavy atom. The summed E-state index contributed by atoms with van der Waals surface area (Å²) in [6.07, 6.45) is 8.90. The van der Waals surface area contributed by atoms with Crippen molar-refractivity contribution in [3.63, 3.8) is 0 Å².